The molecule has 0 fully saturated rings. The summed E-state index contributed by atoms with van der Waals surface area (Å²) in [5.74, 6) is 1.27. The van der Waals surface area contributed by atoms with Gasteiger partial charge in [-0.1, -0.05) is 19.9 Å². The van der Waals surface area contributed by atoms with Gasteiger partial charge in [-0.3, -0.25) is 0 Å². The van der Waals surface area contributed by atoms with Crippen molar-refractivity contribution in [1.82, 2.24) is 0 Å². The summed E-state index contributed by atoms with van der Waals surface area (Å²) >= 11 is 0. The molecule has 2 atom stereocenters. The van der Waals surface area contributed by atoms with E-state index in [0.717, 1.165) is 12.8 Å². The molecule has 0 spiro atoms. The minimum absolute atomic E-state index is 0.235. The highest BCUT2D eigenvalue weighted by Gasteiger charge is 2.29. The Labute approximate surface area is 91.1 Å². The number of phenolic OH excluding ortho intramolecular Hbond substituents is 1. The number of hydrogen-bond acceptors (Lipinski definition) is 2. The lowest BCUT2D eigenvalue weighted by atomic mass is 9.74. The summed E-state index contributed by atoms with van der Waals surface area (Å²) in [6.45, 7) is 4.40. The van der Waals surface area contributed by atoms with Crippen LogP contribution in [0.3, 0.4) is 0 Å². The van der Waals surface area contributed by atoms with Crippen LogP contribution in [0.25, 0.3) is 0 Å². The third-order valence-corrected chi connectivity index (χ3v) is 3.42. The van der Waals surface area contributed by atoms with Crippen molar-refractivity contribution in [1.29, 1.82) is 0 Å². The van der Waals surface area contributed by atoms with Gasteiger partial charge in [0.1, 0.15) is 5.75 Å². The lowest BCUT2D eigenvalue weighted by Gasteiger charge is -2.34. The van der Waals surface area contributed by atoms with Crippen LogP contribution in [0.1, 0.15) is 37.3 Å². The molecule has 2 rings (SSSR count). The van der Waals surface area contributed by atoms with E-state index in [1.807, 2.05) is 12.1 Å². The average Bonchev–Trinajstić information content (AvgIpc) is 2.16. The summed E-state index contributed by atoms with van der Waals surface area (Å²) in [5.41, 5.74) is 8.77. The van der Waals surface area contributed by atoms with Crippen LogP contribution in [0.2, 0.25) is 0 Å². The third-order valence-electron chi connectivity index (χ3n) is 3.42. The van der Waals surface area contributed by atoms with Gasteiger partial charge < -0.3 is 10.8 Å². The van der Waals surface area contributed by atoms with Gasteiger partial charge in [0.15, 0.2) is 0 Å². The fourth-order valence-electron chi connectivity index (χ4n) is 2.71. The summed E-state index contributed by atoms with van der Waals surface area (Å²) in [5, 5.41) is 9.53. The molecule has 3 N–H and O–H groups in total. The summed E-state index contributed by atoms with van der Waals surface area (Å²) in [6, 6.07) is 5.93. The molecule has 0 radical (unpaired) electrons. The van der Waals surface area contributed by atoms with E-state index in [1.165, 1.54) is 11.1 Å². The normalized spacial score (nSPS) is 25.3. The molecule has 0 heterocycles. The van der Waals surface area contributed by atoms with Crippen molar-refractivity contribution < 1.29 is 5.11 Å². The van der Waals surface area contributed by atoms with Crippen molar-refractivity contribution in [2.75, 3.05) is 0 Å². The fourth-order valence-corrected chi connectivity index (χ4v) is 2.71. The SMILES string of the molecule is CC(C)C1c2cc(O)ccc2CCC1N. The molecule has 0 aliphatic heterocycles. The van der Waals surface area contributed by atoms with Crippen LogP contribution in [0.4, 0.5) is 0 Å². The van der Waals surface area contributed by atoms with Crippen molar-refractivity contribution in [2.45, 2.75) is 38.6 Å². The molecule has 15 heavy (non-hydrogen) atoms. The van der Waals surface area contributed by atoms with Crippen LogP contribution in [0, 0.1) is 5.92 Å². The Kier molecular flexibility index (Phi) is 2.70. The lowest BCUT2D eigenvalue weighted by Crippen LogP contribution is -2.35. The molecule has 0 amide bonds. The maximum absolute atomic E-state index is 9.53. The predicted octanol–water partition coefficient (Wildman–Crippen LogP) is 2.41. The Balaban J connectivity index is 2.46. The van der Waals surface area contributed by atoms with E-state index in [1.54, 1.807) is 6.07 Å². The van der Waals surface area contributed by atoms with Crippen LogP contribution in [0.15, 0.2) is 18.2 Å². The molecule has 1 aliphatic rings. The Bertz CT molecular complexity index is 360. The molecule has 0 aromatic heterocycles. The number of aromatic hydroxyl groups is 1. The van der Waals surface area contributed by atoms with Gasteiger partial charge in [-0.2, -0.15) is 0 Å². The number of nitrogens with two attached hydrogens (primary N) is 1. The molecule has 2 nitrogen and oxygen atoms in total. The highest BCUT2D eigenvalue weighted by molar-refractivity contribution is 5.40. The van der Waals surface area contributed by atoms with Crippen LogP contribution >= 0.6 is 0 Å². The Hall–Kier alpha value is -1.02. The van der Waals surface area contributed by atoms with Crippen LogP contribution in [-0.4, -0.2) is 11.1 Å². The van der Waals surface area contributed by atoms with Gasteiger partial charge in [0.05, 0.1) is 0 Å². The largest absolute Gasteiger partial charge is 0.508 e. The molecular formula is C13H19NO. The van der Waals surface area contributed by atoms with Gasteiger partial charge in [-0.15, -0.1) is 0 Å². The first kappa shape index (κ1) is 10.5. The first-order valence-electron chi connectivity index (χ1n) is 5.67. The number of phenols is 1. The minimum atomic E-state index is 0.235. The zero-order chi connectivity index (χ0) is 11.0. The second-order valence-electron chi connectivity index (χ2n) is 4.86. The lowest BCUT2D eigenvalue weighted by molar-refractivity contribution is 0.377. The van der Waals surface area contributed by atoms with Gasteiger partial charge in [-0.05, 0) is 42.0 Å². The average molecular weight is 205 g/mol. The van der Waals surface area contributed by atoms with E-state index < -0.39 is 0 Å². The number of aryl methyl sites for hydroxylation is 1. The van der Waals surface area contributed by atoms with Crippen molar-refractivity contribution >= 4 is 0 Å². The standard InChI is InChI=1S/C13H19NO/c1-8(2)13-11-7-10(15)5-3-9(11)4-6-12(13)14/h3,5,7-8,12-13,15H,4,6,14H2,1-2H3. The van der Waals surface area contributed by atoms with E-state index in [9.17, 15) is 5.11 Å². The van der Waals surface area contributed by atoms with Crippen molar-refractivity contribution in [2.24, 2.45) is 11.7 Å². The van der Waals surface area contributed by atoms with Crippen LogP contribution in [0.5, 0.6) is 5.75 Å². The topological polar surface area (TPSA) is 46.2 Å². The zero-order valence-electron chi connectivity index (χ0n) is 9.40. The third kappa shape index (κ3) is 1.86. The van der Waals surface area contributed by atoms with Crippen LogP contribution in [-0.2, 0) is 6.42 Å². The van der Waals surface area contributed by atoms with E-state index in [2.05, 4.69) is 13.8 Å². The van der Waals surface area contributed by atoms with Gasteiger partial charge in [-0.25, -0.2) is 0 Å². The van der Waals surface area contributed by atoms with Gasteiger partial charge in [0, 0.05) is 12.0 Å². The molecule has 82 valence electrons. The number of benzene rings is 1. The van der Waals surface area contributed by atoms with Crippen molar-refractivity contribution in [3.63, 3.8) is 0 Å². The number of hydrogen-bond donors (Lipinski definition) is 2. The maximum Gasteiger partial charge on any atom is 0.115 e. The summed E-state index contributed by atoms with van der Waals surface area (Å²) < 4.78 is 0. The van der Waals surface area contributed by atoms with Gasteiger partial charge in [0.2, 0.25) is 0 Å². The van der Waals surface area contributed by atoms with Gasteiger partial charge in [0.25, 0.3) is 0 Å². The zero-order valence-corrected chi connectivity index (χ0v) is 9.40. The Morgan fingerprint density at radius 2 is 2.13 bits per heavy atom. The quantitative estimate of drug-likeness (QED) is 0.739. The molecular weight excluding hydrogens is 186 g/mol. The Morgan fingerprint density at radius 1 is 1.40 bits per heavy atom. The van der Waals surface area contributed by atoms with E-state index >= 15 is 0 Å². The molecule has 2 heteroatoms. The second kappa shape index (κ2) is 3.86. The second-order valence-corrected chi connectivity index (χ2v) is 4.86. The first-order chi connectivity index (χ1) is 7.09. The molecule has 0 saturated carbocycles. The van der Waals surface area contributed by atoms with Crippen molar-refractivity contribution in [3.05, 3.63) is 29.3 Å². The molecule has 0 bridgehead atoms. The summed E-state index contributed by atoms with van der Waals surface area (Å²) in [7, 11) is 0. The van der Waals surface area contributed by atoms with E-state index in [0.29, 0.717) is 17.6 Å². The summed E-state index contributed by atoms with van der Waals surface area (Å²) in [4.78, 5) is 0. The van der Waals surface area contributed by atoms with E-state index in [-0.39, 0.29) is 6.04 Å². The summed E-state index contributed by atoms with van der Waals surface area (Å²) in [6.07, 6.45) is 2.10. The fraction of sp³-hybridized carbons (Fsp3) is 0.538. The Morgan fingerprint density at radius 3 is 2.80 bits per heavy atom. The predicted molar refractivity (Wildman–Crippen MR) is 62.0 cm³/mol. The highest BCUT2D eigenvalue weighted by atomic mass is 16.3. The monoisotopic (exact) mass is 205 g/mol. The molecule has 1 aromatic rings. The van der Waals surface area contributed by atoms with Gasteiger partial charge >= 0.3 is 0 Å². The molecule has 2 unspecified atom stereocenters. The first-order valence-corrected chi connectivity index (χ1v) is 5.67. The molecule has 0 saturated heterocycles. The smallest absolute Gasteiger partial charge is 0.115 e. The number of fused-ring (bicyclic) bond motifs is 1. The van der Waals surface area contributed by atoms with Crippen LogP contribution < -0.4 is 5.73 Å². The number of rotatable bonds is 1. The highest BCUT2D eigenvalue weighted by Crippen LogP contribution is 2.37. The maximum atomic E-state index is 9.53. The van der Waals surface area contributed by atoms with Crippen molar-refractivity contribution in [3.8, 4) is 5.75 Å². The molecule has 1 aliphatic carbocycles. The van der Waals surface area contributed by atoms with E-state index in [4.69, 9.17) is 5.73 Å². The molecule has 1 aromatic carbocycles. The minimum Gasteiger partial charge on any atom is -0.508 e.